The maximum Gasteiger partial charge on any atom is 0.258 e. The molecule has 166 valence electrons. The van der Waals surface area contributed by atoms with E-state index in [4.69, 9.17) is 4.42 Å². The number of hydrogen-bond acceptors (Lipinski definition) is 3. The van der Waals surface area contributed by atoms with E-state index in [-0.39, 0.29) is 18.0 Å². The molecular weight excluding hydrogens is 408 g/mol. The summed E-state index contributed by atoms with van der Waals surface area (Å²) >= 11 is 0. The number of furan rings is 1. The smallest absolute Gasteiger partial charge is 0.258 e. The van der Waals surface area contributed by atoms with Gasteiger partial charge in [0, 0.05) is 34.8 Å². The monoisotopic (exact) mass is 436 g/mol. The SMILES string of the molecule is C[C@@H](NC1CCCc2c1oc1ccc(N3CCc4ccccc4C3=O)cc21)c1ccccc1. The number of carbonyl (C=O) groups excluding carboxylic acids is 1. The minimum Gasteiger partial charge on any atom is -0.459 e. The zero-order valence-electron chi connectivity index (χ0n) is 18.9. The Morgan fingerprint density at radius 3 is 2.70 bits per heavy atom. The molecule has 0 saturated heterocycles. The zero-order valence-corrected chi connectivity index (χ0v) is 18.9. The first-order valence-electron chi connectivity index (χ1n) is 11.9. The van der Waals surface area contributed by atoms with Gasteiger partial charge in [-0.15, -0.1) is 0 Å². The van der Waals surface area contributed by atoms with Crippen molar-refractivity contribution in [2.45, 2.75) is 44.7 Å². The third-order valence-corrected chi connectivity index (χ3v) is 7.20. The van der Waals surface area contributed by atoms with E-state index in [9.17, 15) is 4.79 Å². The minimum absolute atomic E-state index is 0.0878. The summed E-state index contributed by atoms with van der Waals surface area (Å²) in [6, 6.07) is 25.2. The molecule has 0 saturated carbocycles. The molecular formula is C29H28N2O2. The highest BCUT2D eigenvalue weighted by molar-refractivity contribution is 6.09. The van der Waals surface area contributed by atoms with Crippen LogP contribution in [0.2, 0.25) is 0 Å². The predicted molar refractivity (Wildman–Crippen MR) is 132 cm³/mol. The summed E-state index contributed by atoms with van der Waals surface area (Å²) < 4.78 is 6.40. The van der Waals surface area contributed by atoms with Crippen LogP contribution in [0.4, 0.5) is 5.69 Å². The summed E-state index contributed by atoms with van der Waals surface area (Å²) in [4.78, 5) is 15.1. The van der Waals surface area contributed by atoms with Crippen LogP contribution in [0, 0.1) is 0 Å². The van der Waals surface area contributed by atoms with Crippen LogP contribution in [0.15, 0.2) is 77.2 Å². The van der Waals surface area contributed by atoms with Gasteiger partial charge in [-0.1, -0.05) is 48.5 Å². The number of nitrogens with one attached hydrogen (secondary N) is 1. The lowest BCUT2D eigenvalue weighted by atomic mass is 9.91. The Kier molecular flexibility index (Phi) is 5.03. The number of amides is 1. The number of aryl methyl sites for hydroxylation is 1. The number of fused-ring (bicyclic) bond motifs is 4. The normalized spacial score (nSPS) is 18.8. The maximum absolute atomic E-state index is 13.2. The van der Waals surface area contributed by atoms with Gasteiger partial charge in [0.05, 0.1) is 6.04 Å². The Morgan fingerprint density at radius 2 is 1.82 bits per heavy atom. The van der Waals surface area contributed by atoms with E-state index in [0.29, 0.717) is 6.54 Å². The highest BCUT2D eigenvalue weighted by atomic mass is 16.3. The second-order valence-corrected chi connectivity index (χ2v) is 9.23. The van der Waals surface area contributed by atoms with Gasteiger partial charge in [-0.3, -0.25) is 4.79 Å². The molecule has 4 nitrogen and oxygen atoms in total. The molecule has 2 aliphatic rings. The summed E-state index contributed by atoms with van der Waals surface area (Å²) in [5.41, 5.74) is 6.40. The lowest BCUT2D eigenvalue weighted by Crippen LogP contribution is -2.37. The average Bonchev–Trinajstić information content (AvgIpc) is 3.24. The van der Waals surface area contributed by atoms with E-state index < -0.39 is 0 Å². The van der Waals surface area contributed by atoms with Crippen LogP contribution in [0.3, 0.4) is 0 Å². The number of anilines is 1. The molecule has 4 heteroatoms. The summed E-state index contributed by atoms with van der Waals surface area (Å²) in [5.74, 6) is 1.15. The van der Waals surface area contributed by atoms with Crippen molar-refractivity contribution in [3.8, 4) is 0 Å². The largest absolute Gasteiger partial charge is 0.459 e. The quantitative estimate of drug-likeness (QED) is 0.405. The fourth-order valence-corrected chi connectivity index (χ4v) is 5.45. The van der Waals surface area contributed by atoms with E-state index in [0.717, 1.165) is 59.2 Å². The molecule has 4 aromatic rings. The second-order valence-electron chi connectivity index (χ2n) is 9.23. The molecule has 3 aromatic carbocycles. The summed E-state index contributed by atoms with van der Waals surface area (Å²) in [5, 5.41) is 4.94. The van der Waals surface area contributed by atoms with Crippen molar-refractivity contribution in [3.63, 3.8) is 0 Å². The van der Waals surface area contributed by atoms with Gasteiger partial charge in [-0.2, -0.15) is 0 Å². The Bertz CT molecular complexity index is 1320. The molecule has 1 unspecified atom stereocenters. The Morgan fingerprint density at radius 1 is 1.00 bits per heavy atom. The molecule has 0 radical (unpaired) electrons. The van der Waals surface area contributed by atoms with Gasteiger partial charge >= 0.3 is 0 Å². The number of rotatable bonds is 4. The molecule has 1 aromatic heterocycles. The lowest BCUT2D eigenvalue weighted by Gasteiger charge is -2.28. The predicted octanol–water partition coefficient (Wildman–Crippen LogP) is 6.36. The Hall–Kier alpha value is -3.37. The van der Waals surface area contributed by atoms with Gasteiger partial charge < -0.3 is 14.6 Å². The van der Waals surface area contributed by atoms with Crippen molar-refractivity contribution in [1.82, 2.24) is 5.32 Å². The van der Waals surface area contributed by atoms with Crippen LogP contribution in [0.5, 0.6) is 0 Å². The number of nitrogens with zero attached hydrogens (tertiary/aromatic N) is 1. The van der Waals surface area contributed by atoms with Crippen LogP contribution < -0.4 is 10.2 Å². The van der Waals surface area contributed by atoms with Crippen LogP contribution in [-0.2, 0) is 12.8 Å². The van der Waals surface area contributed by atoms with Gasteiger partial charge in [-0.25, -0.2) is 0 Å². The van der Waals surface area contributed by atoms with Crippen molar-refractivity contribution >= 4 is 22.6 Å². The molecule has 2 heterocycles. The maximum atomic E-state index is 13.2. The first-order chi connectivity index (χ1) is 16.2. The van der Waals surface area contributed by atoms with Gasteiger partial charge in [0.25, 0.3) is 5.91 Å². The van der Waals surface area contributed by atoms with E-state index in [1.54, 1.807) is 0 Å². The van der Waals surface area contributed by atoms with Gasteiger partial charge in [-0.05, 0) is 68.0 Å². The molecule has 6 rings (SSSR count). The van der Waals surface area contributed by atoms with Gasteiger partial charge in [0.2, 0.25) is 0 Å². The summed E-state index contributed by atoms with van der Waals surface area (Å²) in [6.45, 7) is 2.92. The highest BCUT2D eigenvalue weighted by Gasteiger charge is 2.29. The number of hydrogen-bond donors (Lipinski definition) is 1. The molecule has 0 bridgehead atoms. The Balaban J connectivity index is 1.32. The van der Waals surface area contributed by atoms with Crippen LogP contribution in [0.25, 0.3) is 11.0 Å². The average molecular weight is 437 g/mol. The fourth-order valence-electron chi connectivity index (χ4n) is 5.45. The first-order valence-corrected chi connectivity index (χ1v) is 11.9. The molecule has 33 heavy (non-hydrogen) atoms. The number of carbonyl (C=O) groups is 1. The molecule has 1 N–H and O–H groups in total. The van der Waals surface area contributed by atoms with Crippen LogP contribution in [0.1, 0.15) is 64.7 Å². The van der Waals surface area contributed by atoms with Crippen LogP contribution >= 0.6 is 0 Å². The van der Waals surface area contributed by atoms with E-state index >= 15 is 0 Å². The standard InChI is InChI=1S/C29H28N2O2/c1-19(20-8-3-2-4-9-20)30-26-13-7-12-24-25-18-22(14-15-27(25)33-28(24)26)31-17-16-21-10-5-6-11-23(21)29(31)32/h2-6,8-11,14-15,18-19,26,30H,7,12-13,16-17H2,1H3/t19-,26?/m1/s1. The van der Waals surface area contributed by atoms with E-state index in [1.165, 1.54) is 11.1 Å². The molecule has 1 aliphatic heterocycles. The third kappa shape index (κ3) is 3.55. The molecule has 1 aliphatic carbocycles. The van der Waals surface area contributed by atoms with Gasteiger partial charge in [0.1, 0.15) is 11.3 Å². The topological polar surface area (TPSA) is 45.5 Å². The van der Waals surface area contributed by atoms with Crippen molar-refractivity contribution in [2.24, 2.45) is 0 Å². The third-order valence-electron chi connectivity index (χ3n) is 7.20. The zero-order chi connectivity index (χ0) is 22.4. The van der Waals surface area contributed by atoms with Crippen molar-refractivity contribution in [1.29, 1.82) is 0 Å². The van der Waals surface area contributed by atoms with Crippen molar-refractivity contribution < 1.29 is 9.21 Å². The highest BCUT2D eigenvalue weighted by Crippen LogP contribution is 2.40. The molecule has 0 spiro atoms. The molecule has 1 amide bonds. The second kappa shape index (κ2) is 8.20. The van der Waals surface area contributed by atoms with Crippen molar-refractivity contribution in [3.05, 3.63) is 101 Å². The van der Waals surface area contributed by atoms with Crippen LogP contribution in [-0.4, -0.2) is 12.5 Å². The summed E-state index contributed by atoms with van der Waals surface area (Å²) in [6.07, 6.45) is 4.09. The van der Waals surface area contributed by atoms with E-state index in [2.05, 4.69) is 54.7 Å². The number of benzene rings is 3. The van der Waals surface area contributed by atoms with E-state index in [1.807, 2.05) is 35.2 Å². The molecule has 2 atom stereocenters. The van der Waals surface area contributed by atoms with Crippen molar-refractivity contribution in [2.75, 3.05) is 11.4 Å². The Labute approximate surface area is 194 Å². The minimum atomic E-state index is 0.0878. The lowest BCUT2D eigenvalue weighted by molar-refractivity contribution is 0.0980. The first kappa shape index (κ1) is 20.3. The molecule has 0 fully saturated rings. The van der Waals surface area contributed by atoms with Gasteiger partial charge in [0.15, 0.2) is 0 Å². The fraction of sp³-hybridized carbons (Fsp3) is 0.276. The summed E-state index contributed by atoms with van der Waals surface area (Å²) in [7, 11) is 0.